The molecule has 4 rings (SSSR count). The number of hydrogen-bond acceptors (Lipinski definition) is 7. The molecule has 0 radical (unpaired) electrons. The van der Waals surface area contributed by atoms with Crippen LogP contribution < -0.4 is 10.6 Å². The summed E-state index contributed by atoms with van der Waals surface area (Å²) in [5.74, 6) is -0.498. The standard InChI is InChI=1S/C26H23ClN2O5S2/c27-20-5-2-4-19(15-20)23(30)16-28-12-11-17-7-9-21(10-8-17)36(33,34)22-6-1-3-18(13-22)14-24-25(31)29-26(32)35-24/h1-10,13-15,23,28,30H,11-12,16H2,(H,29,31,32)/t23-/m1/s1. The molecule has 1 heterocycles. The molecule has 0 saturated carbocycles. The summed E-state index contributed by atoms with van der Waals surface area (Å²) in [5, 5.41) is 15.8. The smallest absolute Gasteiger partial charge is 0.290 e. The van der Waals surface area contributed by atoms with Crippen LogP contribution in [0.4, 0.5) is 4.79 Å². The van der Waals surface area contributed by atoms with E-state index < -0.39 is 27.1 Å². The van der Waals surface area contributed by atoms with E-state index in [0.717, 1.165) is 22.9 Å². The van der Waals surface area contributed by atoms with Crippen molar-refractivity contribution >= 4 is 50.4 Å². The Bertz CT molecular complexity index is 1420. The highest BCUT2D eigenvalue weighted by molar-refractivity contribution is 8.18. The second-order valence-electron chi connectivity index (χ2n) is 8.10. The summed E-state index contributed by atoms with van der Waals surface area (Å²) in [5.41, 5.74) is 2.20. The van der Waals surface area contributed by atoms with Gasteiger partial charge in [0.25, 0.3) is 11.1 Å². The van der Waals surface area contributed by atoms with Crippen molar-refractivity contribution in [2.75, 3.05) is 13.1 Å². The van der Waals surface area contributed by atoms with Crippen LogP contribution in [0.1, 0.15) is 22.8 Å². The Morgan fingerprint density at radius 1 is 1.00 bits per heavy atom. The summed E-state index contributed by atoms with van der Waals surface area (Å²) < 4.78 is 26.3. The summed E-state index contributed by atoms with van der Waals surface area (Å²) >= 11 is 6.74. The molecule has 36 heavy (non-hydrogen) atoms. The van der Waals surface area contributed by atoms with Crippen LogP contribution in [0.25, 0.3) is 6.08 Å². The number of thioether (sulfide) groups is 1. The van der Waals surface area contributed by atoms with E-state index in [1.165, 1.54) is 18.2 Å². The number of aliphatic hydroxyl groups excluding tert-OH is 1. The van der Waals surface area contributed by atoms with Crippen molar-refractivity contribution in [1.82, 2.24) is 10.6 Å². The Kier molecular flexibility index (Phi) is 8.28. The number of halogens is 1. The Hall–Kier alpha value is -2.95. The molecule has 3 N–H and O–H groups in total. The van der Waals surface area contributed by atoms with Crippen LogP contribution in [0, 0.1) is 0 Å². The average molecular weight is 543 g/mol. The van der Waals surface area contributed by atoms with Gasteiger partial charge in [-0.3, -0.25) is 14.9 Å². The minimum atomic E-state index is -3.77. The fourth-order valence-electron chi connectivity index (χ4n) is 3.62. The molecule has 1 atom stereocenters. The quantitative estimate of drug-likeness (QED) is 0.272. The van der Waals surface area contributed by atoms with Gasteiger partial charge >= 0.3 is 0 Å². The number of carbonyl (C=O) groups excluding carboxylic acids is 2. The maximum atomic E-state index is 13.1. The molecule has 0 aromatic heterocycles. The minimum Gasteiger partial charge on any atom is -0.387 e. The number of rotatable bonds is 9. The van der Waals surface area contributed by atoms with Crippen molar-refractivity contribution < 1.29 is 23.1 Å². The lowest BCUT2D eigenvalue weighted by Crippen LogP contribution is -2.23. The van der Waals surface area contributed by atoms with Crippen molar-refractivity contribution in [2.45, 2.75) is 22.3 Å². The predicted octanol–water partition coefficient (Wildman–Crippen LogP) is 4.36. The molecule has 0 spiro atoms. The number of nitrogens with one attached hydrogen (secondary N) is 2. The SMILES string of the molecule is O=C1NC(=O)C(=Cc2cccc(S(=O)(=O)c3ccc(CCNC[C@@H](O)c4cccc(Cl)c4)cc3)c2)S1. The Balaban J connectivity index is 1.36. The average Bonchev–Trinajstić information content (AvgIpc) is 3.18. The van der Waals surface area contributed by atoms with E-state index in [-0.39, 0.29) is 14.7 Å². The van der Waals surface area contributed by atoms with Gasteiger partial charge in [0.05, 0.1) is 20.8 Å². The molecule has 1 saturated heterocycles. The number of sulfone groups is 1. The largest absolute Gasteiger partial charge is 0.387 e. The van der Waals surface area contributed by atoms with Crippen LogP contribution in [0.3, 0.4) is 0 Å². The summed E-state index contributed by atoms with van der Waals surface area (Å²) in [6.07, 6.45) is 1.47. The molecule has 1 fully saturated rings. The fraction of sp³-hybridized carbons (Fsp3) is 0.154. The van der Waals surface area contributed by atoms with Gasteiger partial charge in [-0.15, -0.1) is 0 Å². The molecule has 1 aliphatic heterocycles. The highest BCUT2D eigenvalue weighted by Gasteiger charge is 2.25. The molecule has 2 amide bonds. The van der Waals surface area contributed by atoms with E-state index in [2.05, 4.69) is 10.6 Å². The number of benzene rings is 3. The van der Waals surface area contributed by atoms with Gasteiger partial charge in [0, 0.05) is 11.6 Å². The third kappa shape index (κ3) is 6.43. The van der Waals surface area contributed by atoms with Crippen molar-refractivity contribution in [3.63, 3.8) is 0 Å². The van der Waals surface area contributed by atoms with Crippen molar-refractivity contribution in [1.29, 1.82) is 0 Å². The zero-order chi connectivity index (χ0) is 25.7. The lowest BCUT2D eigenvalue weighted by Gasteiger charge is -2.13. The van der Waals surface area contributed by atoms with Gasteiger partial charge < -0.3 is 10.4 Å². The lowest BCUT2D eigenvalue weighted by atomic mass is 10.1. The zero-order valence-corrected chi connectivity index (χ0v) is 21.4. The summed E-state index contributed by atoms with van der Waals surface area (Å²) in [6, 6.07) is 20.0. The van der Waals surface area contributed by atoms with E-state index in [4.69, 9.17) is 11.6 Å². The second kappa shape index (κ2) is 11.4. The molecule has 1 aliphatic rings. The van der Waals surface area contributed by atoms with Gasteiger partial charge in [-0.1, -0.05) is 48.0 Å². The first-order chi connectivity index (χ1) is 17.2. The van der Waals surface area contributed by atoms with Crippen LogP contribution >= 0.6 is 23.4 Å². The summed E-state index contributed by atoms with van der Waals surface area (Å²) in [6.45, 7) is 0.974. The van der Waals surface area contributed by atoms with Gasteiger partial charge in [0.15, 0.2) is 0 Å². The first kappa shape index (κ1) is 26.1. The van der Waals surface area contributed by atoms with Crippen molar-refractivity contribution in [3.05, 3.63) is 99.4 Å². The number of amides is 2. The van der Waals surface area contributed by atoms with Crippen molar-refractivity contribution in [3.8, 4) is 0 Å². The van der Waals surface area contributed by atoms with Crippen LogP contribution in [0.2, 0.25) is 5.02 Å². The molecule has 10 heteroatoms. The van der Waals surface area contributed by atoms with Gasteiger partial charge in [-0.05, 0) is 83.9 Å². The third-order valence-corrected chi connectivity index (χ3v) is 8.32. The number of aliphatic hydroxyl groups is 1. The molecule has 0 bridgehead atoms. The number of imide groups is 1. The monoisotopic (exact) mass is 542 g/mol. The molecule has 186 valence electrons. The maximum absolute atomic E-state index is 13.1. The molecular formula is C26H23ClN2O5S2. The number of hydrogen-bond donors (Lipinski definition) is 3. The first-order valence-electron chi connectivity index (χ1n) is 11.1. The molecular weight excluding hydrogens is 520 g/mol. The van der Waals surface area contributed by atoms with Gasteiger partial charge in [0.1, 0.15) is 0 Å². The van der Waals surface area contributed by atoms with E-state index in [1.807, 2.05) is 6.07 Å². The maximum Gasteiger partial charge on any atom is 0.290 e. The second-order valence-corrected chi connectivity index (χ2v) is 11.5. The van der Waals surface area contributed by atoms with E-state index in [0.29, 0.717) is 30.1 Å². The van der Waals surface area contributed by atoms with Gasteiger partial charge in [-0.25, -0.2) is 8.42 Å². The molecule has 7 nitrogen and oxygen atoms in total. The first-order valence-corrected chi connectivity index (χ1v) is 13.7. The molecule has 3 aromatic carbocycles. The van der Waals surface area contributed by atoms with E-state index in [9.17, 15) is 23.1 Å². The topological polar surface area (TPSA) is 113 Å². The van der Waals surface area contributed by atoms with Crippen molar-refractivity contribution in [2.24, 2.45) is 0 Å². The fourth-order valence-corrected chi connectivity index (χ4v) is 5.81. The minimum absolute atomic E-state index is 0.0935. The van der Waals surface area contributed by atoms with Crippen LogP contribution in [0.5, 0.6) is 0 Å². The van der Waals surface area contributed by atoms with Crippen LogP contribution in [0.15, 0.2) is 87.5 Å². The molecule has 0 aliphatic carbocycles. The van der Waals surface area contributed by atoms with Gasteiger partial charge in [0.2, 0.25) is 9.84 Å². The number of carbonyl (C=O) groups is 2. The van der Waals surface area contributed by atoms with Crippen LogP contribution in [-0.2, 0) is 21.1 Å². The van der Waals surface area contributed by atoms with E-state index >= 15 is 0 Å². The lowest BCUT2D eigenvalue weighted by molar-refractivity contribution is -0.115. The Morgan fingerprint density at radius 2 is 1.75 bits per heavy atom. The zero-order valence-electron chi connectivity index (χ0n) is 19.0. The Morgan fingerprint density at radius 3 is 2.44 bits per heavy atom. The highest BCUT2D eigenvalue weighted by Crippen LogP contribution is 2.27. The summed E-state index contributed by atoms with van der Waals surface area (Å²) in [7, 11) is -3.77. The Labute approximate surface area is 218 Å². The van der Waals surface area contributed by atoms with E-state index in [1.54, 1.807) is 54.6 Å². The molecule has 0 unspecified atom stereocenters. The van der Waals surface area contributed by atoms with Gasteiger partial charge in [-0.2, -0.15) is 0 Å². The normalized spacial score (nSPS) is 15.8. The molecule has 3 aromatic rings. The highest BCUT2D eigenvalue weighted by atomic mass is 35.5. The third-order valence-electron chi connectivity index (χ3n) is 5.50. The predicted molar refractivity (Wildman–Crippen MR) is 140 cm³/mol. The summed E-state index contributed by atoms with van der Waals surface area (Å²) in [4.78, 5) is 23.6. The van der Waals surface area contributed by atoms with Crippen LogP contribution in [-0.4, -0.2) is 37.8 Å².